The maximum absolute atomic E-state index is 11.3. The molecule has 8 heteroatoms. The first-order chi connectivity index (χ1) is 18.1. The van der Waals surface area contributed by atoms with E-state index in [9.17, 15) is 5.11 Å². The van der Waals surface area contributed by atoms with Crippen LogP contribution in [0.5, 0.6) is 0 Å². The first kappa shape index (κ1) is 22.4. The van der Waals surface area contributed by atoms with Crippen LogP contribution in [0.1, 0.15) is 36.9 Å². The zero-order chi connectivity index (χ0) is 25.0. The molecular formula is C29H31N7O. The van der Waals surface area contributed by atoms with Crippen LogP contribution in [-0.2, 0) is 13.0 Å². The van der Waals surface area contributed by atoms with Gasteiger partial charge in [0.2, 0.25) is 0 Å². The molecule has 2 aliphatic heterocycles. The van der Waals surface area contributed by atoms with E-state index in [0.29, 0.717) is 18.3 Å². The van der Waals surface area contributed by atoms with E-state index in [1.807, 2.05) is 27.4 Å². The lowest BCUT2D eigenvalue weighted by molar-refractivity contribution is -0.168. The van der Waals surface area contributed by atoms with E-state index in [1.165, 1.54) is 24.7 Å². The number of piperidine rings is 1. The maximum Gasteiger partial charge on any atom is 0.151 e. The van der Waals surface area contributed by atoms with Crippen LogP contribution in [0, 0.1) is 0 Å². The molecule has 0 aliphatic carbocycles. The number of nitrogen functional groups attached to an aromatic ring is 1. The van der Waals surface area contributed by atoms with E-state index >= 15 is 0 Å². The predicted molar refractivity (Wildman–Crippen MR) is 144 cm³/mol. The van der Waals surface area contributed by atoms with Gasteiger partial charge in [-0.25, -0.2) is 9.50 Å². The summed E-state index contributed by atoms with van der Waals surface area (Å²) in [5.74, 6) is 0.451. The highest BCUT2D eigenvalue weighted by Crippen LogP contribution is 2.40. The lowest BCUT2D eigenvalue weighted by Crippen LogP contribution is -2.70. The van der Waals surface area contributed by atoms with Crippen LogP contribution < -0.4 is 5.73 Å². The molecule has 2 saturated heterocycles. The van der Waals surface area contributed by atoms with Gasteiger partial charge in [0, 0.05) is 35.4 Å². The molecule has 0 amide bonds. The summed E-state index contributed by atoms with van der Waals surface area (Å²) in [6.45, 7) is 2.61. The Hall–Kier alpha value is -3.75. The van der Waals surface area contributed by atoms with Crippen molar-refractivity contribution in [1.29, 1.82) is 0 Å². The Morgan fingerprint density at radius 1 is 1.08 bits per heavy atom. The summed E-state index contributed by atoms with van der Waals surface area (Å²) in [6, 6.07) is 19.1. The minimum Gasteiger partial charge on any atom is -0.387 e. The first-order valence-electron chi connectivity index (χ1n) is 13.2. The van der Waals surface area contributed by atoms with E-state index in [2.05, 4.69) is 57.6 Å². The second kappa shape index (κ2) is 8.68. The molecule has 7 rings (SSSR count). The highest BCUT2D eigenvalue weighted by molar-refractivity contribution is 5.92. The summed E-state index contributed by atoms with van der Waals surface area (Å²) in [4.78, 5) is 6.71. The van der Waals surface area contributed by atoms with Crippen molar-refractivity contribution in [2.24, 2.45) is 0 Å². The molecular weight excluding hydrogens is 462 g/mol. The smallest absolute Gasteiger partial charge is 0.151 e. The van der Waals surface area contributed by atoms with Crippen molar-refractivity contribution < 1.29 is 5.11 Å². The fourth-order valence-corrected chi connectivity index (χ4v) is 6.34. The molecule has 8 nitrogen and oxygen atoms in total. The summed E-state index contributed by atoms with van der Waals surface area (Å²) in [7, 11) is 0. The van der Waals surface area contributed by atoms with Crippen LogP contribution in [0.2, 0.25) is 0 Å². The maximum atomic E-state index is 11.3. The number of rotatable bonds is 6. The third-order valence-corrected chi connectivity index (χ3v) is 8.23. The number of nitrogens with zero attached hydrogens (tertiary/aromatic N) is 6. The van der Waals surface area contributed by atoms with Gasteiger partial charge in [0.15, 0.2) is 5.82 Å². The zero-order valence-corrected chi connectivity index (χ0v) is 20.8. The zero-order valence-electron chi connectivity index (χ0n) is 20.8. The van der Waals surface area contributed by atoms with Gasteiger partial charge in [-0.1, -0.05) is 48.9 Å². The number of hydrogen-bond acceptors (Lipinski definition) is 6. The predicted octanol–water partition coefficient (Wildman–Crippen LogP) is 3.91. The van der Waals surface area contributed by atoms with Gasteiger partial charge in [0.05, 0.1) is 17.7 Å². The molecule has 2 aliphatic rings. The fourth-order valence-electron chi connectivity index (χ4n) is 6.34. The molecule has 5 aromatic rings. The number of fused-ring (bicyclic) bond motifs is 3. The largest absolute Gasteiger partial charge is 0.387 e. The van der Waals surface area contributed by atoms with Crippen molar-refractivity contribution in [2.75, 3.05) is 18.8 Å². The van der Waals surface area contributed by atoms with E-state index < -0.39 is 5.60 Å². The average molecular weight is 494 g/mol. The van der Waals surface area contributed by atoms with Crippen LogP contribution in [0.3, 0.4) is 0 Å². The van der Waals surface area contributed by atoms with Crippen LogP contribution in [0.25, 0.3) is 27.5 Å². The molecule has 2 unspecified atom stereocenters. The molecule has 37 heavy (non-hydrogen) atoms. The Labute approximate surface area is 215 Å². The molecule has 3 aromatic heterocycles. The number of hydrogen-bond donors (Lipinski definition) is 2. The van der Waals surface area contributed by atoms with Crippen molar-refractivity contribution in [3.63, 3.8) is 0 Å². The average Bonchev–Trinajstić information content (AvgIpc) is 3.48. The summed E-state index contributed by atoms with van der Waals surface area (Å²) in [5, 5.41) is 21.8. The molecule has 0 saturated carbocycles. The number of aryl methyl sites for hydroxylation is 1. The van der Waals surface area contributed by atoms with Crippen molar-refractivity contribution >= 4 is 22.2 Å². The van der Waals surface area contributed by atoms with Gasteiger partial charge in [0.1, 0.15) is 11.8 Å². The third kappa shape index (κ3) is 3.88. The quantitative estimate of drug-likeness (QED) is 0.372. The van der Waals surface area contributed by atoms with Gasteiger partial charge in [-0.05, 0) is 55.5 Å². The first-order valence-corrected chi connectivity index (χ1v) is 13.2. The van der Waals surface area contributed by atoms with Crippen molar-refractivity contribution in [1.82, 2.24) is 29.3 Å². The van der Waals surface area contributed by atoms with Gasteiger partial charge < -0.3 is 10.8 Å². The van der Waals surface area contributed by atoms with Crippen LogP contribution in [0.15, 0.2) is 67.1 Å². The Kier molecular flexibility index (Phi) is 5.26. The monoisotopic (exact) mass is 493 g/mol. The minimum absolute atomic E-state index is 0.292. The summed E-state index contributed by atoms with van der Waals surface area (Å²) >= 11 is 0. The Morgan fingerprint density at radius 3 is 2.84 bits per heavy atom. The number of nitrogens with two attached hydrogens (primary N) is 1. The molecule has 0 spiro atoms. The molecule has 0 bridgehead atoms. The SMILES string of the molecule is Nc1ncnn2c(CCC3(O)CN4CCCCC43)cc(-c3ccc4cn(Cc5ccccc5)nc4c3)c12. The normalized spacial score (nSPS) is 21.8. The van der Waals surface area contributed by atoms with Crippen molar-refractivity contribution in [3.8, 4) is 11.1 Å². The number of anilines is 1. The Balaban J connectivity index is 1.20. The molecule has 0 radical (unpaired) electrons. The molecule has 188 valence electrons. The minimum atomic E-state index is -0.617. The van der Waals surface area contributed by atoms with Crippen molar-refractivity contribution in [3.05, 3.63) is 78.4 Å². The highest BCUT2D eigenvalue weighted by Gasteiger charge is 2.51. The van der Waals surface area contributed by atoms with Crippen LogP contribution >= 0.6 is 0 Å². The van der Waals surface area contributed by atoms with Gasteiger partial charge in [-0.3, -0.25) is 9.58 Å². The second-order valence-electron chi connectivity index (χ2n) is 10.6. The lowest BCUT2D eigenvalue weighted by atomic mass is 9.75. The standard InChI is InChI=1S/C29H31N7O/c30-28-27-24(21-9-10-22-17-35(33-25(22)14-21)16-20-6-2-1-3-7-20)15-23(36(27)32-19-31-28)11-12-29(37)18-34-13-5-4-8-26(29)34/h1-3,6-7,9-10,14-15,17,19,26,37H,4-5,8,11-13,16,18H2,(H2,30,31,32). The summed E-state index contributed by atoms with van der Waals surface area (Å²) < 4.78 is 3.88. The van der Waals surface area contributed by atoms with Crippen molar-refractivity contribution in [2.45, 2.75) is 50.3 Å². The highest BCUT2D eigenvalue weighted by atomic mass is 16.3. The van der Waals surface area contributed by atoms with Gasteiger partial charge in [-0.15, -0.1) is 0 Å². The Morgan fingerprint density at radius 2 is 1.97 bits per heavy atom. The van der Waals surface area contributed by atoms with Gasteiger partial charge in [0.25, 0.3) is 0 Å². The van der Waals surface area contributed by atoms with E-state index in [4.69, 9.17) is 10.8 Å². The Bertz CT molecular complexity index is 1590. The molecule has 3 N–H and O–H groups in total. The van der Waals surface area contributed by atoms with Crippen LogP contribution in [0.4, 0.5) is 5.82 Å². The third-order valence-electron chi connectivity index (χ3n) is 8.23. The number of benzene rings is 2. The van der Waals surface area contributed by atoms with E-state index in [0.717, 1.165) is 65.7 Å². The topological polar surface area (TPSA) is 97.5 Å². The lowest BCUT2D eigenvalue weighted by Gasteiger charge is -2.57. The molecule has 2 aromatic carbocycles. The van der Waals surface area contributed by atoms with Crippen LogP contribution in [-0.4, -0.2) is 59.1 Å². The van der Waals surface area contributed by atoms with E-state index in [-0.39, 0.29) is 0 Å². The summed E-state index contributed by atoms with van der Waals surface area (Å²) in [6.07, 6.45) is 8.56. The summed E-state index contributed by atoms with van der Waals surface area (Å²) in [5.41, 5.74) is 11.8. The molecule has 2 fully saturated rings. The number of aliphatic hydroxyl groups is 1. The number of aromatic nitrogens is 5. The van der Waals surface area contributed by atoms with Gasteiger partial charge in [-0.2, -0.15) is 10.2 Å². The van der Waals surface area contributed by atoms with Gasteiger partial charge >= 0.3 is 0 Å². The molecule has 5 heterocycles. The fraction of sp³-hybridized carbons (Fsp3) is 0.345. The second-order valence-corrected chi connectivity index (χ2v) is 10.6. The molecule has 2 atom stereocenters. The van der Waals surface area contributed by atoms with E-state index in [1.54, 1.807) is 0 Å².